The number of hydrogen-bond donors (Lipinski definition) is 0. The number of rotatable bonds is 10. The Hall–Kier alpha value is -3.00. The number of carbonyl (C=O) groups excluding carboxylic acids is 1. The molecule has 0 spiro atoms. The molecule has 1 atom stereocenters. The van der Waals surface area contributed by atoms with Crippen LogP contribution in [0.25, 0.3) is 0 Å². The van der Waals surface area contributed by atoms with E-state index in [1.807, 2.05) is 48.7 Å². The Morgan fingerprint density at radius 2 is 1.80 bits per heavy atom. The zero-order chi connectivity index (χ0) is 21.5. The molecule has 3 rings (SSSR count). The van der Waals surface area contributed by atoms with Crippen LogP contribution >= 0.6 is 11.8 Å². The first kappa shape index (κ1) is 21.7. The van der Waals surface area contributed by atoms with Crippen LogP contribution < -0.4 is 14.2 Å². The molecule has 0 aliphatic heterocycles. The van der Waals surface area contributed by atoms with E-state index in [0.29, 0.717) is 28.8 Å². The minimum absolute atomic E-state index is 0.0262. The average Bonchev–Trinajstić information content (AvgIpc) is 3.20. The van der Waals surface area contributed by atoms with E-state index in [0.717, 1.165) is 11.6 Å². The first-order valence-electron chi connectivity index (χ1n) is 9.60. The van der Waals surface area contributed by atoms with Gasteiger partial charge in [0.25, 0.3) is 0 Å². The van der Waals surface area contributed by atoms with Crippen molar-refractivity contribution in [1.82, 2.24) is 14.8 Å². The second-order valence-corrected chi connectivity index (χ2v) is 7.38. The van der Waals surface area contributed by atoms with E-state index in [2.05, 4.69) is 10.2 Å². The zero-order valence-corrected chi connectivity index (χ0v) is 18.3. The van der Waals surface area contributed by atoms with Gasteiger partial charge in [0, 0.05) is 12.1 Å². The highest BCUT2D eigenvalue weighted by atomic mass is 32.2. The number of carbonyl (C=O) groups is 1. The Balaban J connectivity index is 1.69. The van der Waals surface area contributed by atoms with E-state index in [9.17, 15) is 4.79 Å². The molecule has 0 saturated carbocycles. The lowest BCUT2D eigenvalue weighted by Gasteiger charge is -2.15. The van der Waals surface area contributed by atoms with Crippen molar-refractivity contribution in [2.75, 3.05) is 20.0 Å². The van der Waals surface area contributed by atoms with Crippen LogP contribution in [0.2, 0.25) is 0 Å². The van der Waals surface area contributed by atoms with Gasteiger partial charge in [0.1, 0.15) is 5.75 Å². The molecule has 0 bridgehead atoms. The largest absolute Gasteiger partial charge is 0.493 e. The molecular formula is C22H25N3O4S. The number of hydrogen-bond acceptors (Lipinski definition) is 7. The summed E-state index contributed by atoms with van der Waals surface area (Å²) in [5.41, 5.74) is 0.559. The molecule has 158 valence electrons. The normalized spacial score (nSPS) is 11.7. The Bertz CT molecular complexity index is 991. The predicted octanol–water partition coefficient (Wildman–Crippen LogP) is 4.43. The summed E-state index contributed by atoms with van der Waals surface area (Å²) in [5, 5.41) is 9.26. The van der Waals surface area contributed by atoms with Crippen LogP contribution in [0.3, 0.4) is 0 Å². The maximum Gasteiger partial charge on any atom is 0.191 e. The van der Waals surface area contributed by atoms with Crippen molar-refractivity contribution in [1.29, 1.82) is 0 Å². The number of para-hydroxylation sites is 1. The summed E-state index contributed by atoms with van der Waals surface area (Å²) in [6.07, 6.45) is -0.268. The van der Waals surface area contributed by atoms with Gasteiger partial charge in [-0.05, 0) is 44.2 Å². The van der Waals surface area contributed by atoms with Gasteiger partial charge in [0.15, 0.2) is 34.4 Å². The van der Waals surface area contributed by atoms with Crippen molar-refractivity contribution < 1.29 is 19.0 Å². The topological polar surface area (TPSA) is 75.5 Å². The van der Waals surface area contributed by atoms with Gasteiger partial charge in [-0.1, -0.05) is 30.0 Å². The molecule has 7 nitrogen and oxygen atoms in total. The summed E-state index contributed by atoms with van der Waals surface area (Å²) >= 11 is 1.35. The molecule has 0 radical (unpaired) electrons. The summed E-state index contributed by atoms with van der Waals surface area (Å²) in [7, 11) is 3.11. The summed E-state index contributed by atoms with van der Waals surface area (Å²) < 4.78 is 18.4. The van der Waals surface area contributed by atoms with Gasteiger partial charge in [0.05, 0.1) is 20.0 Å². The van der Waals surface area contributed by atoms with Crippen LogP contribution in [-0.2, 0) is 6.54 Å². The summed E-state index contributed by atoms with van der Waals surface area (Å²) in [4.78, 5) is 12.7. The lowest BCUT2D eigenvalue weighted by Crippen LogP contribution is -2.12. The molecule has 1 unspecified atom stereocenters. The second kappa shape index (κ2) is 10.2. The standard InChI is InChI=1S/C22H25N3O4S/c1-5-25-21(15(2)29-17-9-7-6-8-10-17)23-24-22(25)30-14-18(26)16-11-12-19(27-3)20(13-16)28-4/h6-13,15H,5,14H2,1-4H3. The molecule has 0 N–H and O–H groups in total. The highest BCUT2D eigenvalue weighted by Gasteiger charge is 2.20. The number of aromatic nitrogens is 3. The van der Waals surface area contributed by atoms with Gasteiger partial charge in [-0.25, -0.2) is 0 Å². The Kier molecular flexibility index (Phi) is 7.35. The molecule has 2 aromatic carbocycles. The molecule has 0 aliphatic rings. The second-order valence-electron chi connectivity index (χ2n) is 6.44. The zero-order valence-electron chi connectivity index (χ0n) is 17.5. The number of benzene rings is 2. The smallest absolute Gasteiger partial charge is 0.191 e. The van der Waals surface area contributed by atoms with Gasteiger partial charge in [-0.15, -0.1) is 10.2 Å². The van der Waals surface area contributed by atoms with Gasteiger partial charge in [-0.2, -0.15) is 0 Å². The van der Waals surface area contributed by atoms with E-state index in [4.69, 9.17) is 14.2 Å². The van der Waals surface area contributed by atoms with Crippen molar-refractivity contribution in [3.05, 3.63) is 59.9 Å². The molecule has 30 heavy (non-hydrogen) atoms. The quantitative estimate of drug-likeness (QED) is 0.350. The third-order valence-corrected chi connectivity index (χ3v) is 5.49. The third kappa shape index (κ3) is 4.94. The predicted molar refractivity (Wildman–Crippen MR) is 116 cm³/mol. The van der Waals surface area contributed by atoms with E-state index in [1.165, 1.54) is 11.8 Å². The minimum Gasteiger partial charge on any atom is -0.493 e. The highest BCUT2D eigenvalue weighted by Crippen LogP contribution is 2.29. The number of nitrogens with zero attached hydrogens (tertiary/aromatic N) is 3. The fourth-order valence-electron chi connectivity index (χ4n) is 2.98. The highest BCUT2D eigenvalue weighted by molar-refractivity contribution is 7.99. The van der Waals surface area contributed by atoms with Crippen LogP contribution in [0.15, 0.2) is 53.7 Å². The molecule has 0 aliphatic carbocycles. The minimum atomic E-state index is -0.268. The van der Waals surface area contributed by atoms with Crippen molar-refractivity contribution in [3.63, 3.8) is 0 Å². The maximum atomic E-state index is 12.7. The Morgan fingerprint density at radius 1 is 1.07 bits per heavy atom. The lowest BCUT2D eigenvalue weighted by molar-refractivity contribution is 0.102. The van der Waals surface area contributed by atoms with Crippen LogP contribution in [-0.4, -0.2) is 40.5 Å². The lowest BCUT2D eigenvalue weighted by atomic mass is 10.1. The van der Waals surface area contributed by atoms with E-state index in [-0.39, 0.29) is 17.6 Å². The van der Waals surface area contributed by atoms with Crippen LogP contribution in [0.5, 0.6) is 17.2 Å². The monoisotopic (exact) mass is 427 g/mol. The summed E-state index contributed by atoms with van der Waals surface area (Å²) in [5.74, 6) is 2.82. The fraction of sp³-hybridized carbons (Fsp3) is 0.318. The molecule has 0 saturated heterocycles. The number of thioether (sulfide) groups is 1. The Labute approximate surface area is 180 Å². The fourth-order valence-corrected chi connectivity index (χ4v) is 3.89. The molecule has 8 heteroatoms. The third-order valence-electron chi connectivity index (χ3n) is 4.52. The van der Waals surface area contributed by atoms with E-state index in [1.54, 1.807) is 32.4 Å². The molecule has 1 heterocycles. The van der Waals surface area contributed by atoms with Gasteiger partial charge in [0.2, 0.25) is 0 Å². The molecule has 0 fully saturated rings. The molecule has 0 amide bonds. The molecule has 3 aromatic rings. The average molecular weight is 428 g/mol. The van der Waals surface area contributed by atoms with Gasteiger partial charge < -0.3 is 18.8 Å². The summed E-state index contributed by atoms with van der Waals surface area (Å²) in [6, 6.07) is 14.7. The van der Waals surface area contributed by atoms with E-state index < -0.39 is 0 Å². The van der Waals surface area contributed by atoms with Crippen LogP contribution in [0, 0.1) is 0 Å². The number of Topliss-reactive ketones (excluding diaryl/α,β-unsaturated/α-hetero) is 1. The summed E-state index contributed by atoms with van der Waals surface area (Å²) in [6.45, 7) is 4.63. The SMILES string of the molecule is CCn1c(SCC(=O)c2ccc(OC)c(OC)c2)nnc1C(C)Oc1ccccc1. The number of ether oxygens (including phenoxy) is 3. The van der Waals surface area contributed by atoms with Gasteiger partial charge in [-0.3, -0.25) is 4.79 Å². The molecule has 1 aromatic heterocycles. The number of ketones is 1. The van der Waals surface area contributed by atoms with Crippen molar-refractivity contribution in [3.8, 4) is 17.2 Å². The Morgan fingerprint density at radius 3 is 2.47 bits per heavy atom. The maximum absolute atomic E-state index is 12.7. The van der Waals surface area contributed by atoms with Crippen LogP contribution in [0.4, 0.5) is 0 Å². The van der Waals surface area contributed by atoms with Crippen molar-refractivity contribution >= 4 is 17.5 Å². The van der Waals surface area contributed by atoms with E-state index >= 15 is 0 Å². The first-order valence-corrected chi connectivity index (χ1v) is 10.6. The van der Waals surface area contributed by atoms with Crippen LogP contribution in [0.1, 0.15) is 36.1 Å². The first-order chi connectivity index (χ1) is 14.6. The van der Waals surface area contributed by atoms with Crippen molar-refractivity contribution in [2.45, 2.75) is 31.7 Å². The van der Waals surface area contributed by atoms with Gasteiger partial charge >= 0.3 is 0 Å². The van der Waals surface area contributed by atoms with Crippen molar-refractivity contribution in [2.24, 2.45) is 0 Å². The number of methoxy groups -OCH3 is 2. The molecular weight excluding hydrogens is 402 g/mol.